The van der Waals surface area contributed by atoms with Crippen LogP contribution in [0.2, 0.25) is 0 Å². The SMILES string of the molecule is CC1CC(C)CN(C(=O)[C@@H]2Cc3ccccc3CN2)C1. The number of amides is 1. The van der Waals surface area contributed by atoms with E-state index in [1.165, 1.54) is 17.5 Å². The topological polar surface area (TPSA) is 32.3 Å². The lowest BCUT2D eigenvalue weighted by Gasteiger charge is -2.38. The molecule has 1 amide bonds. The molecule has 108 valence electrons. The second kappa shape index (κ2) is 5.57. The van der Waals surface area contributed by atoms with Crippen LogP contribution in [-0.2, 0) is 17.8 Å². The van der Waals surface area contributed by atoms with Gasteiger partial charge in [-0.3, -0.25) is 4.79 Å². The van der Waals surface area contributed by atoms with Gasteiger partial charge in [-0.15, -0.1) is 0 Å². The molecule has 0 saturated carbocycles. The molecule has 0 radical (unpaired) electrons. The maximum Gasteiger partial charge on any atom is 0.240 e. The molecule has 1 aromatic rings. The van der Waals surface area contributed by atoms with Gasteiger partial charge in [0.05, 0.1) is 6.04 Å². The largest absolute Gasteiger partial charge is 0.341 e. The summed E-state index contributed by atoms with van der Waals surface area (Å²) in [6, 6.07) is 8.39. The van der Waals surface area contributed by atoms with Gasteiger partial charge in [-0.05, 0) is 35.8 Å². The van der Waals surface area contributed by atoms with Crippen molar-refractivity contribution in [3.63, 3.8) is 0 Å². The van der Waals surface area contributed by atoms with E-state index in [0.717, 1.165) is 26.1 Å². The minimum absolute atomic E-state index is 0.0394. The maximum absolute atomic E-state index is 12.7. The Hall–Kier alpha value is -1.35. The first-order chi connectivity index (χ1) is 9.63. The highest BCUT2D eigenvalue weighted by Gasteiger charge is 2.31. The Morgan fingerprint density at radius 3 is 2.50 bits per heavy atom. The minimum Gasteiger partial charge on any atom is -0.341 e. The van der Waals surface area contributed by atoms with Crippen LogP contribution >= 0.6 is 0 Å². The predicted molar refractivity (Wildman–Crippen MR) is 80.3 cm³/mol. The smallest absolute Gasteiger partial charge is 0.240 e. The second-order valence-electron chi connectivity index (χ2n) is 6.60. The fourth-order valence-corrected chi connectivity index (χ4v) is 3.69. The van der Waals surface area contributed by atoms with Crippen molar-refractivity contribution in [3.05, 3.63) is 35.4 Å². The third kappa shape index (κ3) is 2.73. The summed E-state index contributed by atoms with van der Waals surface area (Å²) in [5.74, 6) is 1.54. The van der Waals surface area contributed by atoms with E-state index in [0.29, 0.717) is 11.8 Å². The van der Waals surface area contributed by atoms with Crippen molar-refractivity contribution in [3.8, 4) is 0 Å². The summed E-state index contributed by atoms with van der Waals surface area (Å²) < 4.78 is 0. The van der Waals surface area contributed by atoms with Crippen molar-refractivity contribution < 1.29 is 4.79 Å². The lowest BCUT2D eigenvalue weighted by molar-refractivity contribution is -0.136. The number of hydrogen-bond donors (Lipinski definition) is 1. The Morgan fingerprint density at radius 2 is 1.80 bits per heavy atom. The molecular formula is C17H24N2O. The molecule has 3 atom stereocenters. The molecule has 2 aliphatic heterocycles. The van der Waals surface area contributed by atoms with Crippen LogP contribution in [0.15, 0.2) is 24.3 Å². The van der Waals surface area contributed by atoms with E-state index in [4.69, 9.17) is 0 Å². The lowest BCUT2D eigenvalue weighted by atomic mass is 9.90. The van der Waals surface area contributed by atoms with Crippen molar-refractivity contribution in [2.24, 2.45) is 11.8 Å². The summed E-state index contributed by atoms with van der Waals surface area (Å²) in [6.07, 6.45) is 2.07. The molecule has 0 aliphatic carbocycles. The van der Waals surface area contributed by atoms with Gasteiger partial charge in [-0.1, -0.05) is 38.1 Å². The molecule has 1 fully saturated rings. The first kappa shape index (κ1) is 13.6. The summed E-state index contributed by atoms with van der Waals surface area (Å²) in [4.78, 5) is 14.8. The Balaban J connectivity index is 1.69. The van der Waals surface area contributed by atoms with Crippen molar-refractivity contribution in [2.45, 2.75) is 39.3 Å². The monoisotopic (exact) mass is 272 g/mol. The van der Waals surface area contributed by atoms with Crippen LogP contribution in [0, 0.1) is 11.8 Å². The van der Waals surface area contributed by atoms with Crippen LogP contribution in [0.4, 0.5) is 0 Å². The molecule has 0 bridgehead atoms. The third-order valence-electron chi connectivity index (χ3n) is 4.56. The lowest BCUT2D eigenvalue weighted by Crippen LogP contribution is -2.53. The van der Waals surface area contributed by atoms with Gasteiger partial charge in [0.2, 0.25) is 5.91 Å². The van der Waals surface area contributed by atoms with Gasteiger partial charge >= 0.3 is 0 Å². The summed E-state index contributed by atoms with van der Waals surface area (Å²) in [6.45, 7) is 7.15. The Labute approximate surface area is 121 Å². The normalized spacial score (nSPS) is 29.9. The molecule has 3 rings (SSSR count). The highest BCUT2D eigenvalue weighted by molar-refractivity contribution is 5.82. The Kier molecular flexibility index (Phi) is 3.79. The van der Waals surface area contributed by atoms with E-state index >= 15 is 0 Å². The molecule has 3 nitrogen and oxygen atoms in total. The average molecular weight is 272 g/mol. The van der Waals surface area contributed by atoms with Gasteiger partial charge in [0, 0.05) is 19.6 Å². The van der Waals surface area contributed by atoms with Crippen LogP contribution < -0.4 is 5.32 Å². The van der Waals surface area contributed by atoms with Crippen LogP contribution in [0.5, 0.6) is 0 Å². The predicted octanol–water partition coefficient (Wildman–Crippen LogP) is 2.21. The first-order valence-corrected chi connectivity index (χ1v) is 7.72. The van der Waals surface area contributed by atoms with E-state index in [-0.39, 0.29) is 11.9 Å². The van der Waals surface area contributed by atoms with E-state index in [2.05, 4.69) is 48.3 Å². The zero-order chi connectivity index (χ0) is 14.1. The molecule has 0 aromatic heterocycles. The number of likely N-dealkylation sites (tertiary alicyclic amines) is 1. The van der Waals surface area contributed by atoms with Crippen molar-refractivity contribution in [1.29, 1.82) is 0 Å². The standard InChI is InChI=1S/C17H24N2O/c1-12-7-13(2)11-19(10-12)17(20)16-8-14-5-3-4-6-15(14)9-18-16/h3-6,12-13,16,18H,7-11H2,1-2H3/t12?,13?,16-/m0/s1. The number of piperidine rings is 1. The zero-order valence-corrected chi connectivity index (χ0v) is 12.4. The summed E-state index contributed by atoms with van der Waals surface area (Å²) in [5, 5.41) is 3.41. The van der Waals surface area contributed by atoms with Gasteiger partial charge in [0.1, 0.15) is 0 Å². The fraction of sp³-hybridized carbons (Fsp3) is 0.588. The highest BCUT2D eigenvalue weighted by Crippen LogP contribution is 2.23. The van der Waals surface area contributed by atoms with Gasteiger partial charge in [-0.2, -0.15) is 0 Å². The zero-order valence-electron chi connectivity index (χ0n) is 12.4. The minimum atomic E-state index is -0.0394. The fourth-order valence-electron chi connectivity index (χ4n) is 3.69. The van der Waals surface area contributed by atoms with E-state index in [9.17, 15) is 4.79 Å². The van der Waals surface area contributed by atoms with Crippen molar-refractivity contribution in [1.82, 2.24) is 10.2 Å². The number of fused-ring (bicyclic) bond motifs is 1. The molecule has 2 unspecified atom stereocenters. The van der Waals surface area contributed by atoms with E-state index < -0.39 is 0 Å². The third-order valence-corrected chi connectivity index (χ3v) is 4.56. The van der Waals surface area contributed by atoms with Crippen LogP contribution in [0.3, 0.4) is 0 Å². The summed E-state index contributed by atoms with van der Waals surface area (Å²) in [5.41, 5.74) is 2.65. The molecule has 1 aromatic carbocycles. The van der Waals surface area contributed by atoms with Crippen LogP contribution in [-0.4, -0.2) is 29.9 Å². The van der Waals surface area contributed by atoms with E-state index in [1.807, 2.05) is 0 Å². The number of rotatable bonds is 1. The van der Waals surface area contributed by atoms with Gasteiger partial charge in [0.25, 0.3) is 0 Å². The van der Waals surface area contributed by atoms with Gasteiger partial charge < -0.3 is 10.2 Å². The first-order valence-electron chi connectivity index (χ1n) is 7.72. The number of benzene rings is 1. The summed E-state index contributed by atoms with van der Waals surface area (Å²) in [7, 11) is 0. The van der Waals surface area contributed by atoms with Crippen LogP contribution in [0.1, 0.15) is 31.4 Å². The second-order valence-corrected chi connectivity index (χ2v) is 6.60. The molecule has 0 spiro atoms. The number of carbonyl (C=O) groups is 1. The number of nitrogens with zero attached hydrogens (tertiary/aromatic N) is 1. The van der Waals surface area contributed by atoms with Crippen molar-refractivity contribution >= 4 is 5.91 Å². The molecule has 3 heteroatoms. The number of nitrogens with one attached hydrogen (secondary N) is 1. The Morgan fingerprint density at radius 1 is 1.15 bits per heavy atom. The molecule has 20 heavy (non-hydrogen) atoms. The van der Waals surface area contributed by atoms with E-state index in [1.54, 1.807) is 0 Å². The number of hydrogen-bond acceptors (Lipinski definition) is 2. The summed E-state index contributed by atoms with van der Waals surface area (Å²) >= 11 is 0. The van der Waals surface area contributed by atoms with Gasteiger partial charge in [-0.25, -0.2) is 0 Å². The van der Waals surface area contributed by atoms with Crippen molar-refractivity contribution in [2.75, 3.05) is 13.1 Å². The molecular weight excluding hydrogens is 248 g/mol. The molecule has 2 heterocycles. The highest BCUT2D eigenvalue weighted by atomic mass is 16.2. The quantitative estimate of drug-likeness (QED) is 0.850. The average Bonchev–Trinajstić information content (AvgIpc) is 2.45. The van der Waals surface area contributed by atoms with Gasteiger partial charge in [0.15, 0.2) is 0 Å². The number of carbonyl (C=O) groups excluding carboxylic acids is 1. The van der Waals surface area contributed by atoms with Crippen LogP contribution in [0.25, 0.3) is 0 Å². The molecule has 1 saturated heterocycles. The molecule has 2 aliphatic rings. The molecule has 1 N–H and O–H groups in total. The maximum atomic E-state index is 12.7. The Bertz CT molecular complexity index is 490.